The van der Waals surface area contributed by atoms with Gasteiger partial charge >= 0.3 is 0 Å². The largest absolute Gasteiger partial charge is 0.497 e. The first-order chi connectivity index (χ1) is 17.4. The Morgan fingerprint density at radius 2 is 1.50 bits per heavy atom. The lowest BCUT2D eigenvalue weighted by molar-refractivity contribution is -0.124. The van der Waals surface area contributed by atoms with E-state index in [0.29, 0.717) is 34.1 Å². The fourth-order valence-corrected chi connectivity index (χ4v) is 4.69. The van der Waals surface area contributed by atoms with Crippen molar-refractivity contribution >= 4 is 11.8 Å². The van der Waals surface area contributed by atoms with Crippen LogP contribution in [-0.2, 0) is 11.3 Å². The molecule has 3 aromatic rings. The zero-order valence-electron chi connectivity index (χ0n) is 21.0. The van der Waals surface area contributed by atoms with E-state index >= 15 is 0 Å². The summed E-state index contributed by atoms with van der Waals surface area (Å²) in [6.45, 7) is 0.273. The van der Waals surface area contributed by atoms with Crippen LogP contribution in [0.15, 0.2) is 60.7 Å². The molecular weight excluding hydrogens is 460 g/mol. The van der Waals surface area contributed by atoms with E-state index in [9.17, 15) is 9.59 Å². The summed E-state index contributed by atoms with van der Waals surface area (Å²) in [7, 11) is 7.93. The quantitative estimate of drug-likeness (QED) is 0.515. The molecule has 0 saturated heterocycles. The predicted octanol–water partition coefficient (Wildman–Crippen LogP) is 3.95. The van der Waals surface area contributed by atoms with Gasteiger partial charge in [0.15, 0.2) is 11.5 Å². The molecule has 1 aliphatic heterocycles. The third kappa shape index (κ3) is 4.54. The molecule has 8 heteroatoms. The number of carbonyl (C=O) groups is 2. The summed E-state index contributed by atoms with van der Waals surface area (Å²) >= 11 is 0. The van der Waals surface area contributed by atoms with Crippen molar-refractivity contribution in [3.8, 4) is 23.0 Å². The van der Waals surface area contributed by atoms with Crippen molar-refractivity contribution in [2.75, 3.05) is 35.5 Å². The number of amides is 2. The maximum absolute atomic E-state index is 13.9. The third-order valence-electron chi connectivity index (χ3n) is 6.56. The molecule has 2 amide bonds. The molecule has 1 heterocycles. The average Bonchev–Trinajstić information content (AvgIpc) is 2.92. The number of hydrogen-bond acceptors (Lipinski definition) is 6. The Morgan fingerprint density at radius 1 is 0.861 bits per heavy atom. The number of carbonyl (C=O) groups excluding carboxylic acids is 2. The zero-order valence-corrected chi connectivity index (χ0v) is 21.0. The normalized spacial score (nSPS) is 16.7. The molecule has 0 bridgehead atoms. The highest BCUT2D eigenvalue weighted by molar-refractivity contribution is 6.02. The van der Waals surface area contributed by atoms with E-state index in [2.05, 4.69) is 5.32 Å². The van der Waals surface area contributed by atoms with Crippen molar-refractivity contribution in [1.29, 1.82) is 0 Å². The van der Waals surface area contributed by atoms with Gasteiger partial charge in [0.1, 0.15) is 11.5 Å². The van der Waals surface area contributed by atoms with Crippen LogP contribution in [-0.4, -0.2) is 52.2 Å². The molecule has 0 spiro atoms. The van der Waals surface area contributed by atoms with Crippen LogP contribution in [0.3, 0.4) is 0 Å². The summed E-state index contributed by atoms with van der Waals surface area (Å²) < 4.78 is 21.7. The maximum Gasteiger partial charge on any atom is 0.254 e. The Kier molecular flexibility index (Phi) is 7.33. The van der Waals surface area contributed by atoms with Gasteiger partial charge in [-0.25, -0.2) is 0 Å². The molecule has 1 aliphatic rings. The Bertz CT molecular complexity index is 1260. The highest BCUT2D eigenvalue weighted by atomic mass is 16.5. The van der Waals surface area contributed by atoms with Crippen molar-refractivity contribution in [1.82, 2.24) is 10.2 Å². The topological polar surface area (TPSA) is 86.3 Å². The number of rotatable bonds is 8. The SMILES string of the molecule is COc1ccc([C@H]2[C@H](C(=O)NCc3ccccc3OC)c3cc(OC)c(OC)cc3C(=O)N2C)cc1. The average molecular weight is 491 g/mol. The fraction of sp³-hybridized carbons (Fsp3) is 0.286. The van der Waals surface area contributed by atoms with Gasteiger partial charge in [0.25, 0.3) is 5.91 Å². The van der Waals surface area contributed by atoms with Crippen LogP contribution >= 0.6 is 0 Å². The first-order valence-electron chi connectivity index (χ1n) is 11.5. The number of fused-ring (bicyclic) bond motifs is 1. The molecule has 0 fully saturated rings. The van der Waals surface area contributed by atoms with Crippen molar-refractivity contribution in [3.63, 3.8) is 0 Å². The summed E-state index contributed by atoms with van der Waals surface area (Å²) in [4.78, 5) is 28.9. The summed E-state index contributed by atoms with van der Waals surface area (Å²) in [6, 6.07) is 17.7. The number of nitrogens with zero attached hydrogens (tertiary/aromatic N) is 1. The van der Waals surface area contributed by atoms with E-state index in [0.717, 1.165) is 11.1 Å². The first kappa shape index (κ1) is 24.9. The van der Waals surface area contributed by atoms with Crippen molar-refractivity contribution in [3.05, 3.63) is 82.9 Å². The second-order valence-electron chi connectivity index (χ2n) is 8.44. The highest BCUT2D eigenvalue weighted by Crippen LogP contribution is 2.45. The van der Waals surface area contributed by atoms with Gasteiger partial charge in [-0.2, -0.15) is 0 Å². The lowest BCUT2D eigenvalue weighted by atomic mass is 9.79. The van der Waals surface area contributed by atoms with Gasteiger partial charge in [-0.1, -0.05) is 30.3 Å². The van der Waals surface area contributed by atoms with Gasteiger partial charge in [0, 0.05) is 24.7 Å². The van der Waals surface area contributed by atoms with Gasteiger partial charge in [-0.3, -0.25) is 9.59 Å². The molecule has 0 aliphatic carbocycles. The van der Waals surface area contributed by atoms with Gasteiger partial charge in [-0.15, -0.1) is 0 Å². The molecule has 4 rings (SSSR count). The first-order valence-corrected chi connectivity index (χ1v) is 11.5. The molecule has 0 aromatic heterocycles. The van der Waals surface area contributed by atoms with Crippen LogP contribution in [0.25, 0.3) is 0 Å². The van der Waals surface area contributed by atoms with Crippen LogP contribution in [0.4, 0.5) is 0 Å². The van der Waals surface area contributed by atoms with E-state index in [1.165, 1.54) is 14.2 Å². The number of likely N-dealkylation sites (N-methyl/N-ethyl adjacent to an activating group) is 1. The molecule has 0 saturated carbocycles. The molecule has 0 radical (unpaired) electrons. The van der Waals surface area contributed by atoms with Crippen molar-refractivity contribution in [2.24, 2.45) is 0 Å². The van der Waals surface area contributed by atoms with Crippen LogP contribution in [0.2, 0.25) is 0 Å². The Morgan fingerprint density at radius 3 is 2.14 bits per heavy atom. The molecule has 0 unspecified atom stereocenters. The van der Waals surface area contributed by atoms with Gasteiger partial charge < -0.3 is 29.2 Å². The van der Waals surface area contributed by atoms with Crippen molar-refractivity contribution < 1.29 is 28.5 Å². The third-order valence-corrected chi connectivity index (χ3v) is 6.56. The molecular formula is C28H30N2O6. The summed E-state index contributed by atoms with van der Waals surface area (Å²) in [6.07, 6.45) is 0. The minimum Gasteiger partial charge on any atom is -0.497 e. The van der Waals surface area contributed by atoms with Crippen LogP contribution in [0, 0.1) is 0 Å². The van der Waals surface area contributed by atoms with E-state index < -0.39 is 12.0 Å². The van der Waals surface area contributed by atoms with E-state index in [4.69, 9.17) is 18.9 Å². The minimum absolute atomic E-state index is 0.208. The monoisotopic (exact) mass is 490 g/mol. The molecule has 36 heavy (non-hydrogen) atoms. The molecule has 188 valence electrons. The minimum atomic E-state index is -0.703. The molecule has 2 atom stereocenters. The number of ether oxygens (including phenoxy) is 4. The fourth-order valence-electron chi connectivity index (χ4n) is 4.69. The Labute approximate surface area is 210 Å². The maximum atomic E-state index is 13.9. The number of benzene rings is 3. The summed E-state index contributed by atoms with van der Waals surface area (Å²) in [5.74, 6) is 1.11. The molecule has 1 N–H and O–H groups in total. The van der Waals surface area contributed by atoms with Gasteiger partial charge in [0.05, 0.1) is 40.4 Å². The molecule has 8 nitrogen and oxygen atoms in total. The Hall–Kier alpha value is -4.20. The van der Waals surface area contributed by atoms with Crippen LogP contribution < -0.4 is 24.3 Å². The lowest BCUT2D eigenvalue weighted by Crippen LogP contribution is -2.45. The number of methoxy groups -OCH3 is 4. The van der Waals surface area contributed by atoms with Crippen molar-refractivity contribution in [2.45, 2.75) is 18.5 Å². The van der Waals surface area contributed by atoms with Crippen LogP contribution in [0.5, 0.6) is 23.0 Å². The number of nitrogens with one attached hydrogen (secondary N) is 1. The summed E-state index contributed by atoms with van der Waals surface area (Å²) in [5.41, 5.74) is 2.64. The smallest absolute Gasteiger partial charge is 0.254 e. The molecule has 3 aromatic carbocycles. The summed E-state index contributed by atoms with van der Waals surface area (Å²) in [5, 5.41) is 3.05. The van der Waals surface area contributed by atoms with Gasteiger partial charge in [-0.05, 0) is 41.5 Å². The zero-order chi connectivity index (χ0) is 25.8. The van der Waals surface area contributed by atoms with E-state index in [1.807, 2.05) is 48.5 Å². The predicted molar refractivity (Wildman–Crippen MR) is 135 cm³/mol. The number of para-hydroxylation sites is 1. The lowest BCUT2D eigenvalue weighted by Gasteiger charge is -2.40. The van der Waals surface area contributed by atoms with Gasteiger partial charge in [0.2, 0.25) is 5.91 Å². The second kappa shape index (κ2) is 10.6. The Balaban J connectivity index is 1.80. The standard InChI is InChI=1S/C28H30N2O6/c1-30-26(17-10-12-19(33-2)13-11-17)25(27(31)29-16-18-8-6-7-9-22(18)34-3)20-14-23(35-4)24(36-5)15-21(20)28(30)32/h6-15,25-26H,16H2,1-5H3,(H,29,31)/t25-,26+/m1/s1. The van der Waals surface area contributed by atoms with Crippen LogP contribution in [0.1, 0.15) is 39.0 Å². The highest BCUT2D eigenvalue weighted by Gasteiger charge is 2.43. The van der Waals surface area contributed by atoms with E-state index in [1.54, 1.807) is 38.3 Å². The second-order valence-corrected chi connectivity index (χ2v) is 8.44. The van der Waals surface area contributed by atoms with E-state index in [-0.39, 0.29) is 18.4 Å². The number of hydrogen-bond donors (Lipinski definition) is 1.